The Hall–Kier alpha value is -3.52. The highest BCUT2D eigenvalue weighted by atomic mass is 15.1. The van der Waals surface area contributed by atoms with Crippen LogP contribution in [0, 0.1) is 0 Å². The van der Waals surface area contributed by atoms with E-state index < -0.39 is 0 Å². The van der Waals surface area contributed by atoms with Crippen molar-refractivity contribution < 1.29 is 0 Å². The lowest BCUT2D eigenvalue weighted by molar-refractivity contribution is 1.21. The molecule has 0 saturated carbocycles. The summed E-state index contributed by atoms with van der Waals surface area (Å²) in [5.41, 5.74) is 7.16. The molecule has 2 heteroatoms. The van der Waals surface area contributed by atoms with Crippen LogP contribution in [-0.4, -0.2) is 12.0 Å². The molecule has 5 rings (SSSR count). The maximum atomic E-state index is 3.55. The van der Waals surface area contributed by atoms with Crippen LogP contribution in [0.4, 0.5) is 11.4 Å². The van der Waals surface area contributed by atoms with Crippen LogP contribution in [0.15, 0.2) is 97.1 Å². The number of benzene rings is 4. The minimum atomic E-state index is 1.17. The summed E-state index contributed by atoms with van der Waals surface area (Å²) in [4.78, 5) is 5.80. The van der Waals surface area contributed by atoms with Gasteiger partial charge in [0.05, 0.1) is 0 Å². The number of aromatic nitrogens is 1. The van der Waals surface area contributed by atoms with Crippen LogP contribution in [0.5, 0.6) is 0 Å². The predicted molar refractivity (Wildman–Crippen MR) is 116 cm³/mol. The summed E-state index contributed by atoms with van der Waals surface area (Å²) in [6.45, 7) is 0. The second-order valence-electron chi connectivity index (χ2n) is 6.84. The molecule has 0 unspecified atom stereocenters. The van der Waals surface area contributed by atoms with E-state index in [1.165, 1.54) is 44.3 Å². The Morgan fingerprint density at radius 3 is 2.22 bits per heavy atom. The Bertz CT molecular complexity index is 1240. The molecular weight excluding hydrogens is 328 g/mol. The molecule has 0 atom stereocenters. The molecule has 0 radical (unpaired) electrons. The minimum Gasteiger partial charge on any atom is -0.354 e. The number of aromatic amines is 1. The van der Waals surface area contributed by atoms with Crippen molar-refractivity contribution in [1.29, 1.82) is 0 Å². The number of para-hydroxylation sites is 3. The summed E-state index contributed by atoms with van der Waals surface area (Å²) in [5, 5.41) is 2.54. The molecule has 0 bridgehead atoms. The Kier molecular flexibility index (Phi) is 3.68. The summed E-state index contributed by atoms with van der Waals surface area (Å²) in [6.07, 6.45) is 0. The Balaban J connectivity index is 1.66. The number of hydrogen-bond donors (Lipinski definition) is 1. The van der Waals surface area contributed by atoms with E-state index in [-0.39, 0.29) is 0 Å². The molecule has 5 aromatic rings. The van der Waals surface area contributed by atoms with Crippen molar-refractivity contribution in [3.8, 4) is 11.1 Å². The van der Waals surface area contributed by atoms with Gasteiger partial charge in [0.2, 0.25) is 0 Å². The first-order valence-electron chi connectivity index (χ1n) is 9.20. The first-order valence-corrected chi connectivity index (χ1v) is 9.20. The summed E-state index contributed by atoms with van der Waals surface area (Å²) in [7, 11) is 2.12. The molecule has 1 N–H and O–H groups in total. The summed E-state index contributed by atoms with van der Waals surface area (Å²) < 4.78 is 0. The molecule has 0 fully saturated rings. The SMILES string of the molecule is CN(c1ccccc1)c1ccccc1-c1ccc2c(c1)[nH]c1ccccc12. The van der Waals surface area contributed by atoms with Crippen LogP contribution in [0.2, 0.25) is 0 Å². The van der Waals surface area contributed by atoms with E-state index in [0.29, 0.717) is 0 Å². The van der Waals surface area contributed by atoms with Gasteiger partial charge in [-0.3, -0.25) is 0 Å². The van der Waals surface area contributed by atoms with Gasteiger partial charge in [-0.2, -0.15) is 0 Å². The van der Waals surface area contributed by atoms with E-state index in [1.807, 2.05) is 6.07 Å². The van der Waals surface area contributed by atoms with E-state index in [0.717, 1.165) is 0 Å². The van der Waals surface area contributed by atoms with Crippen LogP contribution in [0.3, 0.4) is 0 Å². The molecule has 27 heavy (non-hydrogen) atoms. The second kappa shape index (κ2) is 6.33. The van der Waals surface area contributed by atoms with Gasteiger partial charge >= 0.3 is 0 Å². The smallest absolute Gasteiger partial charge is 0.0487 e. The fraction of sp³-hybridized carbons (Fsp3) is 0.0400. The van der Waals surface area contributed by atoms with Crippen LogP contribution in [0.1, 0.15) is 0 Å². The van der Waals surface area contributed by atoms with Gasteiger partial charge in [-0.15, -0.1) is 0 Å². The monoisotopic (exact) mass is 348 g/mol. The molecule has 0 spiro atoms. The number of nitrogens with one attached hydrogen (secondary N) is 1. The van der Waals surface area contributed by atoms with Crippen molar-refractivity contribution in [1.82, 2.24) is 4.98 Å². The summed E-state index contributed by atoms with van der Waals surface area (Å²) in [6, 6.07) is 34.2. The lowest BCUT2D eigenvalue weighted by Gasteiger charge is -2.23. The van der Waals surface area contributed by atoms with Gasteiger partial charge in [-0.1, -0.05) is 66.7 Å². The van der Waals surface area contributed by atoms with Crippen molar-refractivity contribution in [3.63, 3.8) is 0 Å². The lowest BCUT2D eigenvalue weighted by Crippen LogP contribution is -2.10. The third-order valence-electron chi connectivity index (χ3n) is 5.23. The average Bonchev–Trinajstić information content (AvgIpc) is 3.11. The zero-order chi connectivity index (χ0) is 18.2. The van der Waals surface area contributed by atoms with Gasteiger partial charge < -0.3 is 9.88 Å². The van der Waals surface area contributed by atoms with Gasteiger partial charge in [0.15, 0.2) is 0 Å². The molecule has 4 aromatic carbocycles. The average molecular weight is 348 g/mol. The van der Waals surface area contributed by atoms with Gasteiger partial charge in [0, 0.05) is 45.8 Å². The van der Waals surface area contributed by atoms with Gasteiger partial charge in [-0.25, -0.2) is 0 Å². The van der Waals surface area contributed by atoms with Crippen LogP contribution in [-0.2, 0) is 0 Å². The molecule has 0 saturated heterocycles. The lowest BCUT2D eigenvalue weighted by atomic mass is 10.0. The topological polar surface area (TPSA) is 19.0 Å². The zero-order valence-electron chi connectivity index (χ0n) is 15.2. The zero-order valence-corrected chi connectivity index (χ0v) is 15.2. The van der Waals surface area contributed by atoms with E-state index in [2.05, 4.69) is 108 Å². The minimum absolute atomic E-state index is 1.17. The molecule has 1 aromatic heterocycles. The van der Waals surface area contributed by atoms with Crippen LogP contribution >= 0.6 is 0 Å². The van der Waals surface area contributed by atoms with Crippen molar-refractivity contribution in [3.05, 3.63) is 97.1 Å². The summed E-state index contributed by atoms with van der Waals surface area (Å²) in [5.74, 6) is 0. The molecule has 0 aliphatic heterocycles. The largest absolute Gasteiger partial charge is 0.354 e. The van der Waals surface area contributed by atoms with Gasteiger partial charge in [0.1, 0.15) is 0 Å². The Labute approximate surface area is 158 Å². The highest BCUT2D eigenvalue weighted by molar-refractivity contribution is 6.08. The Morgan fingerprint density at radius 1 is 0.630 bits per heavy atom. The van der Waals surface area contributed by atoms with Crippen LogP contribution < -0.4 is 4.90 Å². The number of fused-ring (bicyclic) bond motifs is 3. The number of rotatable bonds is 3. The van der Waals surface area contributed by atoms with E-state index in [4.69, 9.17) is 0 Å². The highest BCUT2D eigenvalue weighted by Crippen LogP contribution is 2.36. The maximum absolute atomic E-state index is 3.55. The predicted octanol–water partition coefficient (Wildman–Crippen LogP) is 6.76. The fourth-order valence-electron chi connectivity index (χ4n) is 3.82. The quantitative estimate of drug-likeness (QED) is 0.382. The molecule has 0 aliphatic carbocycles. The maximum Gasteiger partial charge on any atom is 0.0487 e. The highest BCUT2D eigenvalue weighted by Gasteiger charge is 2.12. The second-order valence-corrected chi connectivity index (χ2v) is 6.84. The van der Waals surface area contributed by atoms with Crippen LogP contribution in [0.25, 0.3) is 32.9 Å². The van der Waals surface area contributed by atoms with E-state index >= 15 is 0 Å². The summed E-state index contributed by atoms with van der Waals surface area (Å²) >= 11 is 0. The van der Waals surface area contributed by atoms with Crippen molar-refractivity contribution in [2.24, 2.45) is 0 Å². The molecule has 0 amide bonds. The molecule has 130 valence electrons. The number of anilines is 2. The van der Waals surface area contributed by atoms with Crippen molar-refractivity contribution in [2.75, 3.05) is 11.9 Å². The van der Waals surface area contributed by atoms with E-state index in [1.54, 1.807) is 0 Å². The molecule has 0 aliphatic rings. The van der Waals surface area contributed by atoms with Crippen molar-refractivity contribution in [2.45, 2.75) is 0 Å². The number of H-pyrrole nitrogens is 1. The standard InChI is InChI=1S/C25H20N2/c1-27(19-9-3-2-4-10-19)25-14-8-6-11-20(25)18-15-16-22-21-12-5-7-13-23(21)26-24(22)17-18/h2-17,26H,1H3. The first-order chi connectivity index (χ1) is 13.3. The van der Waals surface area contributed by atoms with Crippen molar-refractivity contribution >= 4 is 33.2 Å². The Morgan fingerprint density at radius 2 is 1.33 bits per heavy atom. The fourth-order valence-corrected chi connectivity index (χ4v) is 3.82. The normalized spacial score (nSPS) is 11.1. The van der Waals surface area contributed by atoms with Gasteiger partial charge in [-0.05, 0) is 35.9 Å². The van der Waals surface area contributed by atoms with Gasteiger partial charge in [0.25, 0.3) is 0 Å². The third kappa shape index (κ3) is 2.67. The number of nitrogens with zero attached hydrogens (tertiary/aromatic N) is 1. The molecule has 1 heterocycles. The third-order valence-corrected chi connectivity index (χ3v) is 5.23. The number of hydrogen-bond acceptors (Lipinski definition) is 1. The molecular formula is C25H20N2. The van der Waals surface area contributed by atoms with E-state index in [9.17, 15) is 0 Å². The first kappa shape index (κ1) is 15.7. The molecule has 2 nitrogen and oxygen atoms in total.